The molecular weight excluding hydrogens is 320 g/mol. The number of ether oxygens (including phenoxy) is 1. The quantitative estimate of drug-likeness (QED) is 0.463. The zero-order valence-electron chi connectivity index (χ0n) is 15.6. The maximum Gasteiger partial charge on any atom is 0.331 e. The Kier molecular flexibility index (Phi) is 7.77. The minimum absolute atomic E-state index is 0.0730. The minimum atomic E-state index is -1.12. The zero-order chi connectivity index (χ0) is 19.2. The van der Waals surface area contributed by atoms with Crippen molar-refractivity contribution in [3.05, 3.63) is 36.0 Å². The average Bonchev–Trinajstić information content (AvgIpc) is 2.48. The van der Waals surface area contributed by atoms with Gasteiger partial charge in [-0.1, -0.05) is 12.2 Å². The number of carbonyl (C=O) groups excluding carboxylic acids is 2. The number of carbonyl (C=O) groups is 2. The molecule has 5 nitrogen and oxygen atoms in total. The predicted octanol–water partition coefficient (Wildman–Crippen LogP) is 2.87. The van der Waals surface area contributed by atoms with Crippen LogP contribution in [0.3, 0.4) is 0 Å². The van der Waals surface area contributed by atoms with Gasteiger partial charge < -0.3 is 14.9 Å². The molecular formula is C20H30O5. The highest BCUT2D eigenvalue weighted by molar-refractivity contribution is 5.84. The molecule has 0 heterocycles. The van der Waals surface area contributed by atoms with Crippen LogP contribution in [0.15, 0.2) is 36.0 Å². The molecule has 2 N–H and O–H groups in total. The second-order valence-electron chi connectivity index (χ2n) is 7.37. The van der Waals surface area contributed by atoms with Crippen LogP contribution in [0.1, 0.15) is 53.4 Å². The normalized spacial score (nSPS) is 28.3. The van der Waals surface area contributed by atoms with E-state index >= 15 is 0 Å². The highest BCUT2D eigenvalue weighted by Gasteiger charge is 2.28. The molecule has 0 bridgehead atoms. The number of ketones is 1. The number of aliphatic hydroxyl groups is 2. The smallest absolute Gasteiger partial charge is 0.331 e. The lowest BCUT2D eigenvalue weighted by Gasteiger charge is -2.26. The van der Waals surface area contributed by atoms with Crippen molar-refractivity contribution in [2.24, 2.45) is 5.92 Å². The molecule has 0 amide bonds. The Labute approximate surface area is 150 Å². The molecule has 0 aromatic rings. The predicted molar refractivity (Wildman–Crippen MR) is 96.9 cm³/mol. The molecule has 0 aromatic carbocycles. The van der Waals surface area contributed by atoms with Crippen LogP contribution in [0.4, 0.5) is 0 Å². The summed E-state index contributed by atoms with van der Waals surface area (Å²) in [6.07, 6.45) is 5.25. The molecule has 5 heteroatoms. The van der Waals surface area contributed by atoms with Gasteiger partial charge in [-0.15, -0.1) is 0 Å². The molecule has 1 aliphatic carbocycles. The SMILES string of the molecule is C=C1CC[C@H](C(C)=O)[C@H](OC(=O)/C=C/C(C)(C)O)/C=C(\C)CC[C@H]1O. The van der Waals surface area contributed by atoms with Crippen LogP contribution in [0, 0.1) is 5.92 Å². The fourth-order valence-corrected chi connectivity index (χ4v) is 2.72. The zero-order valence-corrected chi connectivity index (χ0v) is 15.6. The summed E-state index contributed by atoms with van der Waals surface area (Å²) in [5.74, 6) is -1.16. The summed E-state index contributed by atoms with van der Waals surface area (Å²) in [6.45, 7) is 10.4. The largest absolute Gasteiger partial charge is 0.454 e. The Balaban J connectivity index is 3.03. The van der Waals surface area contributed by atoms with Gasteiger partial charge in [-0.3, -0.25) is 4.79 Å². The fraction of sp³-hybridized carbons (Fsp3) is 0.600. The highest BCUT2D eigenvalue weighted by Crippen LogP contribution is 2.26. The number of hydrogen-bond donors (Lipinski definition) is 2. The van der Waals surface area contributed by atoms with Gasteiger partial charge >= 0.3 is 5.97 Å². The molecule has 1 aliphatic rings. The lowest BCUT2D eigenvalue weighted by atomic mass is 9.86. The van der Waals surface area contributed by atoms with Crippen LogP contribution in [0.2, 0.25) is 0 Å². The molecule has 3 atom stereocenters. The van der Waals surface area contributed by atoms with Gasteiger partial charge in [0.15, 0.2) is 0 Å². The average molecular weight is 350 g/mol. The molecule has 0 fully saturated rings. The summed E-state index contributed by atoms with van der Waals surface area (Å²) in [5.41, 5.74) is 0.534. The molecule has 0 saturated carbocycles. The van der Waals surface area contributed by atoms with E-state index in [1.807, 2.05) is 6.92 Å². The van der Waals surface area contributed by atoms with Gasteiger partial charge in [0.05, 0.1) is 17.6 Å². The van der Waals surface area contributed by atoms with Crippen molar-refractivity contribution in [1.82, 2.24) is 0 Å². The molecule has 1 rings (SSSR count). The first-order chi connectivity index (χ1) is 11.5. The van der Waals surface area contributed by atoms with E-state index in [4.69, 9.17) is 4.74 Å². The van der Waals surface area contributed by atoms with Gasteiger partial charge in [-0.05, 0) is 71.1 Å². The van der Waals surface area contributed by atoms with E-state index in [2.05, 4.69) is 6.58 Å². The number of allylic oxidation sites excluding steroid dienone is 1. The summed E-state index contributed by atoms with van der Waals surface area (Å²) < 4.78 is 5.50. The summed E-state index contributed by atoms with van der Waals surface area (Å²) in [6, 6.07) is 0. The maximum atomic E-state index is 12.1. The number of Topliss-reactive ketones (excluding diaryl/α,β-unsaturated/α-hetero) is 1. The minimum Gasteiger partial charge on any atom is -0.454 e. The third kappa shape index (κ3) is 7.80. The lowest BCUT2D eigenvalue weighted by Crippen LogP contribution is -2.31. The molecule has 140 valence electrons. The van der Waals surface area contributed by atoms with Crippen molar-refractivity contribution < 1.29 is 24.5 Å². The van der Waals surface area contributed by atoms with Crippen LogP contribution < -0.4 is 0 Å². The topological polar surface area (TPSA) is 83.8 Å². The first-order valence-corrected chi connectivity index (χ1v) is 8.65. The van der Waals surface area contributed by atoms with E-state index < -0.39 is 29.7 Å². The Bertz CT molecular complexity index is 565. The van der Waals surface area contributed by atoms with Crippen molar-refractivity contribution in [2.75, 3.05) is 0 Å². The number of esters is 1. The number of rotatable bonds is 4. The van der Waals surface area contributed by atoms with Crippen molar-refractivity contribution in [3.8, 4) is 0 Å². The van der Waals surface area contributed by atoms with Crippen molar-refractivity contribution in [2.45, 2.75) is 71.2 Å². The monoisotopic (exact) mass is 350 g/mol. The first-order valence-electron chi connectivity index (χ1n) is 8.65. The summed E-state index contributed by atoms with van der Waals surface area (Å²) in [5, 5.41) is 19.7. The summed E-state index contributed by atoms with van der Waals surface area (Å²) in [4.78, 5) is 24.2. The van der Waals surface area contributed by atoms with Gasteiger partial charge in [0, 0.05) is 6.08 Å². The third-order valence-corrected chi connectivity index (χ3v) is 4.31. The number of aliphatic hydroxyl groups excluding tert-OH is 1. The fourth-order valence-electron chi connectivity index (χ4n) is 2.72. The Morgan fingerprint density at radius 1 is 1.32 bits per heavy atom. The molecule has 25 heavy (non-hydrogen) atoms. The molecule has 0 aromatic heterocycles. The van der Waals surface area contributed by atoms with Gasteiger partial charge in [-0.2, -0.15) is 0 Å². The van der Waals surface area contributed by atoms with Crippen LogP contribution in [-0.2, 0) is 14.3 Å². The summed E-state index contributed by atoms with van der Waals surface area (Å²) >= 11 is 0. The van der Waals surface area contributed by atoms with Crippen LogP contribution >= 0.6 is 0 Å². The van der Waals surface area contributed by atoms with Gasteiger partial charge in [0.1, 0.15) is 11.9 Å². The van der Waals surface area contributed by atoms with Crippen molar-refractivity contribution in [3.63, 3.8) is 0 Å². The van der Waals surface area contributed by atoms with Gasteiger partial charge in [0.25, 0.3) is 0 Å². The van der Waals surface area contributed by atoms with Gasteiger partial charge in [-0.25, -0.2) is 4.79 Å². The lowest BCUT2D eigenvalue weighted by molar-refractivity contribution is -0.145. The summed E-state index contributed by atoms with van der Waals surface area (Å²) in [7, 11) is 0. The van der Waals surface area contributed by atoms with E-state index in [0.29, 0.717) is 31.3 Å². The van der Waals surface area contributed by atoms with E-state index in [-0.39, 0.29) is 5.78 Å². The Morgan fingerprint density at radius 3 is 2.52 bits per heavy atom. The number of hydrogen-bond acceptors (Lipinski definition) is 5. The van der Waals surface area contributed by atoms with E-state index in [0.717, 1.165) is 5.57 Å². The standard InChI is InChI=1S/C20H30O5/c1-13-6-9-17(22)14(2)7-8-16(15(3)21)18(12-13)25-19(23)10-11-20(4,5)24/h10-12,16-18,22,24H,2,6-9H2,1,3-5H3/b11-10+,13-12+/t16-,17-,18-/m1/s1. The van der Waals surface area contributed by atoms with Gasteiger partial charge in [0.2, 0.25) is 0 Å². The van der Waals surface area contributed by atoms with Crippen molar-refractivity contribution >= 4 is 11.8 Å². The van der Waals surface area contributed by atoms with E-state index in [1.54, 1.807) is 19.9 Å². The second kappa shape index (κ2) is 9.11. The molecule has 0 radical (unpaired) electrons. The third-order valence-electron chi connectivity index (χ3n) is 4.31. The van der Waals surface area contributed by atoms with E-state index in [1.165, 1.54) is 19.1 Å². The maximum absolute atomic E-state index is 12.1. The molecule has 0 spiro atoms. The van der Waals surface area contributed by atoms with Crippen LogP contribution in [0.5, 0.6) is 0 Å². The highest BCUT2D eigenvalue weighted by atomic mass is 16.5. The molecule has 0 aliphatic heterocycles. The van der Waals surface area contributed by atoms with Crippen molar-refractivity contribution in [1.29, 1.82) is 0 Å². The first kappa shape index (κ1) is 21.3. The van der Waals surface area contributed by atoms with Crippen LogP contribution in [0.25, 0.3) is 0 Å². The second-order valence-corrected chi connectivity index (χ2v) is 7.37. The van der Waals surface area contributed by atoms with E-state index in [9.17, 15) is 19.8 Å². The molecule has 0 saturated heterocycles. The Morgan fingerprint density at radius 2 is 1.96 bits per heavy atom. The van der Waals surface area contributed by atoms with Crippen LogP contribution in [-0.4, -0.2) is 39.8 Å². The Hall–Kier alpha value is -1.72. The molecule has 0 unspecified atom stereocenters.